The molecule has 3 nitrogen and oxygen atoms in total. The fraction of sp³-hybridized carbons (Fsp3) is 0.318. The molecule has 1 N–H and O–H groups in total. The van der Waals surface area contributed by atoms with Crippen molar-refractivity contribution in [2.75, 3.05) is 19.6 Å². The Bertz CT molecular complexity index is 913. The van der Waals surface area contributed by atoms with Gasteiger partial charge in [0.2, 0.25) is 0 Å². The first-order valence-corrected chi connectivity index (χ1v) is 9.13. The Labute approximate surface area is 147 Å². The molecule has 0 saturated carbocycles. The standard InChI is InChI=1S/C22H22N2O/c25-22(15-24-11-9-20(22)10-12-24)19-7-5-16(6-8-19)18-13-17-3-1-2-4-21(17)23-14-18/h1-8,13-14,20,25H,9-12,15H2/t22-/m1/s1. The molecule has 3 saturated heterocycles. The van der Waals surface area contributed by atoms with E-state index in [9.17, 15) is 5.11 Å². The van der Waals surface area contributed by atoms with Gasteiger partial charge in [0.1, 0.15) is 5.60 Å². The van der Waals surface area contributed by atoms with Crippen molar-refractivity contribution in [1.82, 2.24) is 9.88 Å². The molecule has 0 amide bonds. The lowest BCUT2D eigenvalue weighted by molar-refractivity contribution is -0.117. The Balaban J connectivity index is 1.48. The van der Waals surface area contributed by atoms with Gasteiger partial charge in [-0.05, 0) is 55.1 Å². The molecule has 0 aliphatic carbocycles. The third kappa shape index (κ3) is 2.46. The highest BCUT2D eigenvalue weighted by molar-refractivity contribution is 5.83. The molecular weight excluding hydrogens is 308 g/mol. The zero-order valence-corrected chi connectivity index (χ0v) is 14.2. The monoisotopic (exact) mass is 330 g/mol. The van der Waals surface area contributed by atoms with Crippen LogP contribution in [0.15, 0.2) is 60.8 Å². The zero-order chi connectivity index (χ0) is 16.9. The van der Waals surface area contributed by atoms with Gasteiger partial charge in [0.05, 0.1) is 5.52 Å². The predicted molar refractivity (Wildman–Crippen MR) is 100 cm³/mol. The molecule has 2 aromatic carbocycles. The van der Waals surface area contributed by atoms with Crippen molar-refractivity contribution in [2.24, 2.45) is 5.92 Å². The quantitative estimate of drug-likeness (QED) is 0.776. The highest BCUT2D eigenvalue weighted by Gasteiger charge is 2.46. The number of nitrogens with zero attached hydrogens (tertiary/aromatic N) is 2. The Hall–Kier alpha value is -2.23. The third-order valence-corrected chi connectivity index (χ3v) is 6.04. The van der Waals surface area contributed by atoms with Gasteiger partial charge in [0.15, 0.2) is 0 Å². The number of rotatable bonds is 2. The molecule has 1 aromatic heterocycles. The van der Waals surface area contributed by atoms with Crippen molar-refractivity contribution in [3.05, 3.63) is 66.4 Å². The molecule has 3 fully saturated rings. The van der Waals surface area contributed by atoms with Crippen molar-refractivity contribution < 1.29 is 5.11 Å². The summed E-state index contributed by atoms with van der Waals surface area (Å²) in [5.74, 6) is 0.394. The molecule has 0 unspecified atom stereocenters. The smallest absolute Gasteiger partial charge is 0.105 e. The van der Waals surface area contributed by atoms with Crippen molar-refractivity contribution in [1.29, 1.82) is 0 Å². The van der Waals surface area contributed by atoms with Crippen LogP contribution in [0.5, 0.6) is 0 Å². The van der Waals surface area contributed by atoms with Gasteiger partial charge in [-0.1, -0.05) is 42.5 Å². The summed E-state index contributed by atoms with van der Waals surface area (Å²) in [6.45, 7) is 3.04. The topological polar surface area (TPSA) is 36.4 Å². The lowest BCUT2D eigenvalue weighted by Crippen LogP contribution is -2.57. The largest absolute Gasteiger partial charge is 0.384 e. The van der Waals surface area contributed by atoms with E-state index in [2.05, 4.69) is 46.3 Å². The summed E-state index contributed by atoms with van der Waals surface area (Å²) >= 11 is 0. The summed E-state index contributed by atoms with van der Waals surface area (Å²) in [4.78, 5) is 6.95. The second kappa shape index (κ2) is 5.65. The highest BCUT2D eigenvalue weighted by Crippen LogP contribution is 2.42. The van der Waals surface area contributed by atoms with E-state index in [0.29, 0.717) is 5.92 Å². The Morgan fingerprint density at radius 1 is 0.960 bits per heavy atom. The minimum absolute atomic E-state index is 0.394. The number of para-hydroxylation sites is 1. The van der Waals surface area contributed by atoms with Crippen molar-refractivity contribution >= 4 is 10.9 Å². The highest BCUT2D eigenvalue weighted by atomic mass is 16.3. The van der Waals surface area contributed by atoms with E-state index in [-0.39, 0.29) is 0 Å². The summed E-state index contributed by atoms with van der Waals surface area (Å²) in [5, 5.41) is 12.4. The third-order valence-electron chi connectivity index (χ3n) is 6.04. The van der Waals surface area contributed by atoms with Crippen LogP contribution in [0.1, 0.15) is 18.4 Å². The van der Waals surface area contributed by atoms with Crippen LogP contribution >= 0.6 is 0 Å². The molecule has 126 valence electrons. The molecule has 3 heteroatoms. The van der Waals surface area contributed by atoms with Crippen molar-refractivity contribution in [3.63, 3.8) is 0 Å². The molecular formula is C22H22N2O. The van der Waals surface area contributed by atoms with Crippen LogP contribution < -0.4 is 0 Å². The molecule has 25 heavy (non-hydrogen) atoms. The molecule has 3 aromatic rings. The molecule has 6 rings (SSSR count). The minimum atomic E-state index is -0.684. The lowest BCUT2D eigenvalue weighted by Gasteiger charge is -2.50. The normalized spacial score (nSPS) is 28.4. The minimum Gasteiger partial charge on any atom is -0.384 e. The van der Waals surface area contributed by atoms with Gasteiger partial charge in [-0.2, -0.15) is 0 Å². The van der Waals surface area contributed by atoms with Crippen LogP contribution in [0.2, 0.25) is 0 Å². The van der Waals surface area contributed by atoms with Gasteiger partial charge in [0.25, 0.3) is 0 Å². The zero-order valence-electron chi connectivity index (χ0n) is 14.2. The number of aromatic nitrogens is 1. The number of pyridine rings is 1. The van der Waals surface area contributed by atoms with E-state index in [1.165, 1.54) is 0 Å². The first-order valence-electron chi connectivity index (χ1n) is 9.13. The summed E-state index contributed by atoms with van der Waals surface area (Å²) < 4.78 is 0. The summed E-state index contributed by atoms with van der Waals surface area (Å²) in [5.41, 5.74) is 3.65. The number of aliphatic hydroxyl groups is 1. The average molecular weight is 330 g/mol. The Morgan fingerprint density at radius 3 is 2.44 bits per heavy atom. The second-order valence-electron chi connectivity index (χ2n) is 7.47. The number of hydrogen-bond donors (Lipinski definition) is 1. The molecule has 0 radical (unpaired) electrons. The number of piperidine rings is 3. The average Bonchev–Trinajstić information content (AvgIpc) is 2.68. The van der Waals surface area contributed by atoms with Gasteiger partial charge in [-0.3, -0.25) is 4.98 Å². The first-order chi connectivity index (χ1) is 12.2. The van der Waals surface area contributed by atoms with Crippen LogP contribution in [-0.4, -0.2) is 34.6 Å². The second-order valence-corrected chi connectivity index (χ2v) is 7.47. The maximum Gasteiger partial charge on any atom is 0.105 e. The number of fused-ring (bicyclic) bond motifs is 4. The predicted octanol–water partition coefficient (Wildman–Crippen LogP) is 3.82. The van der Waals surface area contributed by atoms with Gasteiger partial charge in [0, 0.05) is 23.7 Å². The first kappa shape index (κ1) is 15.1. The molecule has 3 aliphatic rings. The van der Waals surface area contributed by atoms with E-state index >= 15 is 0 Å². The van der Waals surface area contributed by atoms with Crippen molar-refractivity contribution in [2.45, 2.75) is 18.4 Å². The summed E-state index contributed by atoms with van der Waals surface area (Å²) in [6, 6.07) is 18.8. The van der Waals surface area contributed by atoms with E-state index in [1.807, 2.05) is 24.4 Å². The van der Waals surface area contributed by atoms with Crippen LogP contribution in [0.25, 0.3) is 22.0 Å². The number of benzene rings is 2. The summed E-state index contributed by atoms with van der Waals surface area (Å²) in [7, 11) is 0. The van der Waals surface area contributed by atoms with Gasteiger partial charge in [-0.15, -0.1) is 0 Å². The van der Waals surface area contributed by atoms with Crippen LogP contribution in [0.3, 0.4) is 0 Å². The van der Waals surface area contributed by atoms with Crippen molar-refractivity contribution in [3.8, 4) is 11.1 Å². The molecule has 4 heterocycles. The summed E-state index contributed by atoms with van der Waals surface area (Å²) in [6.07, 6.45) is 4.14. The fourth-order valence-electron chi connectivity index (χ4n) is 4.55. The van der Waals surface area contributed by atoms with Gasteiger partial charge < -0.3 is 10.0 Å². The maximum atomic E-state index is 11.3. The van der Waals surface area contributed by atoms with Gasteiger partial charge >= 0.3 is 0 Å². The van der Waals surface area contributed by atoms with Crippen LogP contribution in [0.4, 0.5) is 0 Å². The lowest BCUT2D eigenvalue weighted by atomic mass is 9.71. The molecule has 0 spiro atoms. The Morgan fingerprint density at radius 2 is 1.72 bits per heavy atom. The van der Waals surface area contributed by atoms with E-state index in [0.717, 1.165) is 60.1 Å². The fourth-order valence-corrected chi connectivity index (χ4v) is 4.55. The molecule has 1 atom stereocenters. The SMILES string of the molecule is O[C@@]1(c2ccc(-c3cnc4ccccc4c3)cc2)CN2CCC1CC2. The Kier molecular flexibility index (Phi) is 3.40. The maximum absolute atomic E-state index is 11.3. The van der Waals surface area contributed by atoms with Gasteiger partial charge in [-0.25, -0.2) is 0 Å². The van der Waals surface area contributed by atoms with E-state index < -0.39 is 5.60 Å². The molecule has 3 aliphatic heterocycles. The van der Waals surface area contributed by atoms with E-state index in [4.69, 9.17) is 0 Å². The van der Waals surface area contributed by atoms with Crippen LogP contribution in [-0.2, 0) is 5.60 Å². The molecule has 2 bridgehead atoms. The van der Waals surface area contributed by atoms with Crippen LogP contribution in [0, 0.1) is 5.92 Å². The van der Waals surface area contributed by atoms with E-state index in [1.54, 1.807) is 0 Å². The number of hydrogen-bond acceptors (Lipinski definition) is 3.